The van der Waals surface area contributed by atoms with E-state index < -0.39 is 5.97 Å². The van der Waals surface area contributed by atoms with Gasteiger partial charge in [-0.3, -0.25) is 9.78 Å². The highest BCUT2D eigenvalue weighted by Gasteiger charge is 2.07. The molecule has 19 heavy (non-hydrogen) atoms. The largest absolute Gasteiger partial charge is 0.478 e. The van der Waals surface area contributed by atoms with Crippen LogP contribution < -0.4 is 5.32 Å². The van der Waals surface area contributed by atoms with Gasteiger partial charge in [0.2, 0.25) is 5.91 Å². The number of hydrogen-bond acceptors (Lipinski definition) is 3. The molecule has 0 aliphatic rings. The number of aromatic carboxylic acids is 1. The molecule has 0 unspecified atom stereocenters. The number of aromatic nitrogens is 1. The van der Waals surface area contributed by atoms with E-state index in [2.05, 4.69) is 10.3 Å². The first-order valence-corrected chi connectivity index (χ1v) is 5.68. The SMILES string of the molecule is O=C(Cc1ccccn1)Nc1cccc(C(=O)O)c1. The second kappa shape index (κ2) is 5.77. The van der Waals surface area contributed by atoms with Crippen LogP contribution in [0.25, 0.3) is 0 Å². The molecule has 5 heteroatoms. The molecule has 1 amide bonds. The monoisotopic (exact) mass is 256 g/mol. The van der Waals surface area contributed by atoms with Crippen molar-refractivity contribution < 1.29 is 14.7 Å². The van der Waals surface area contributed by atoms with Crippen LogP contribution in [0, 0.1) is 0 Å². The number of nitrogens with one attached hydrogen (secondary N) is 1. The quantitative estimate of drug-likeness (QED) is 0.876. The maximum absolute atomic E-state index is 11.8. The zero-order chi connectivity index (χ0) is 13.7. The first-order chi connectivity index (χ1) is 9.15. The Labute approximate surface area is 109 Å². The van der Waals surface area contributed by atoms with E-state index in [1.165, 1.54) is 12.1 Å². The van der Waals surface area contributed by atoms with Crippen LogP contribution in [0.2, 0.25) is 0 Å². The molecule has 0 fully saturated rings. The Morgan fingerprint density at radius 3 is 2.68 bits per heavy atom. The van der Waals surface area contributed by atoms with Gasteiger partial charge in [-0.25, -0.2) is 4.79 Å². The maximum Gasteiger partial charge on any atom is 0.335 e. The Balaban J connectivity index is 2.03. The highest BCUT2D eigenvalue weighted by Crippen LogP contribution is 2.11. The minimum atomic E-state index is -1.03. The van der Waals surface area contributed by atoms with Crippen LogP contribution in [0.5, 0.6) is 0 Å². The van der Waals surface area contributed by atoms with Crippen LogP contribution in [0.15, 0.2) is 48.7 Å². The van der Waals surface area contributed by atoms with E-state index in [4.69, 9.17) is 5.11 Å². The van der Waals surface area contributed by atoms with Crippen molar-refractivity contribution in [2.24, 2.45) is 0 Å². The minimum absolute atomic E-state index is 0.135. The van der Waals surface area contributed by atoms with E-state index in [1.807, 2.05) is 0 Å². The van der Waals surface area contributed by atoms with E-state index in [9.17, 15) is 9.59 Å². The van der Waals surface area contributed by atoms with Crippen molar-refractivity contribution in [3.05, 3.63) is 59.9 Å². The Morgan fingerprint density at radius 1 is 1.16 bits per heavy atom. The molecule has 0 saturated carbocycles. The molecule has 0 spiro atoms. The zero-order valence-electron chi connectivity index (χ0n) is 10.0. The lowest BCUT2D eigenvalue weighted by Gasteiger charge is -2.05. The minimum Gasteiger partial charge on any atom is -0.478 e. The highest BCUT2D eigenvalue weighted by molar-refractivity contribution is 5.94. The van der Waals surface area contributed by atoms with E-state index >= 15 is 0 Å². The van der Waals surface area contributed by atoms with Gasteiger partial charge in [0.15, 0.2) is 0 Å². The van der Waals surface area contributed by atoms with Crippen molar-refractivity contribution in [1.82, 2.24) is 4.98 Å². The second-order valence-corrected chi connectivity index (χ2v) is 3.93. The molecule has 1 aromatic heterocycles. The summed E-state index contributed by atoms with van der Waals surface area (Å²) in [6.07, 6.45) is 1.77. The number of benzene rings is 1. The predicted molar refractivity (Wildman–Crippen MR) is 70.0 cm³/mol. The fraction of sp³-hybridized carbons (Fsp3) is 0.0714. The Morgan fingerprint density at radius 2 is 2.00 bits per heavy atom. The van der Waals surface area contributed by atoms with E-state index in [1.54, 1.807) is 36.5 Å². The lowest BCUT2D eigenvalue weighted by molar-refractivity contribution is -0.115. The van der Waals surface area contributed by atoms with Crippen LogP contribution in [0.1, 0.15) is 16.1 Å². The van der Waals surface area contributed by atoms with Gasteiger partial charge < -0.3 is 10.4 Å². The molecule has 0 saturated heterocycles. The molecule has 0 bridgehead atoms. The summed E-state index contributed by atoms with van der Waals surface area (Å²) in [6.45, 7) is 0. The fourth-order valence-electron chi connectivity index (χ4n) is 1.60. The van der Waals surface area contributed by atoms with Gasteiger partial charge in [-0.2, -0.15) is 0 Å². The fourth-order valence-corrected chi connectivity index (χ4v) is 1.60. The van der Waals surface area contributed by atoms with E-state index in [-0.39, 0.29) is 17.9 Å². The van der Waals surface area contributed by atoms with Gasteiger partial charge in [0.05, 0.1) is 12.0 Å². The van der Waals surface area contributed by atoms with Crippen molar-refractivity contribution in [3.8, 4) is 0 Å². The van der Waals surface area contributed by atoms with Gasteiger partial charge in [-0.15, -0.1) is 0 Å². The Kier molecular flexibility index (Phi) is 3.87. The number of pyridine rings is 1. The van der Waals surface area contributed by atoms with Crippen molar-refractivity contribution in [1.29, 1.82) is 0 Å². The van der Waals surface area contributed by atoms with Gasteiger partial charge in [0.25, 0.3) is 0 Å². The highest BCUT2D eigenvalue weighted by atomic mass is 16.4. The maximum atomic E-state index is 11.8. The Hall–Kier alpha value is -2.69. The van der Waals surface area contributed by atoms with Crippen molar-refractivity contribution in [2.45, 2.75) is 6.42 Å². The van der Waals surface area contributed by atoms with Gasteiger partial charge in [0, 0.05) is 17.6 Å². The lowest BCUT2D eigenvalue weighted by atomic mass is 10.2. The average Bonchev–Trinajstić information content (AvgIpc) is 2.40. The summed E-state index contributed by atoms with van der Waals surface area (Å²) in [5.41, 5.74) is 1.26. The zero-order valence-corrected chi connectivity index (χ0v) is 10.0. The van der Waals surface area contributed by atoms with Crippen LogP contribution in [0.3, 0.4) is 0 Å². The van der Waals surface area contributed by atoms with Gasteiger partial charge in [-0.05, 0) is 30.3 Å². The molecular formula is C14H12N2O3. The third kappa shape index (κ3) is 3.64. The van der Waals surface area contributed by atoms with Crippen molar-refractivity contribution >= 4 is 17.6 Å². The molecular weight excluding hydrogens is 244 g/mol. The van der Waals surface area contributed by atoms with Crippen LogP contribution in [0.4, 0.5) is 5.69 Å². The average molecular weight is 256 g/mol. The summed E-state index contributed by atoms with van der Waals surface area (Å²) < 4.78 is 0. The van der Waals surface area contributed by atoms with Gasteiger partial charge >= 0.3 is 5.97 Å². The van der Waals surface area contributed by atoms with Crippen molar-refractivity contribution in [3.63, 3.8) is 0 Å². The molecule has 0 radical (unpaired) electrons. The smallest absolute Gasteiger partial charge is 0.335 e. The number of carbonyl (C=O) groups is 2. The topological polar surface area (TPSA) is 79.3 Å². The number of rotatable bonds is 4. The van der Waals surface area contributed by atoms with Gasteiger partial charge in [0.1, 0.15) is 0 Å². The van der Waals surface area contributed by atoms with Crippen LogP contribution in [-0.2, 0) is 11.2 Å². The van der Waals surface area contributed by atoms with Crippen LogP contribution in [-0.4, -0.2) is 22.0 Å². The summed E-state index contributed by atoms with van der Waals surface area (Å²) in [5, 5.41) is 11.5. The lowest BCUT2D eigenvalue weighted by Crippen LogP contribution is -2.15. The summed E-state index contributed by atoms with van der Waals surface area (Å²) in [6, 6.07) is 11.4. The number of amides is 1. The third-order valence-electron chi connectivity index (χ3n) is 2.46. The molecule has 1 aromatic carbocycles. The van der Waals surface area contributed by atoms with E-state index in [0.29, 0.717) is 11.4 Å². The molecule has 0 aliphatic carbocycles. The molecule has 96 valence electrons. The number of carbonyl (C=O) groups excluding carboxylic acids is 1. The second-order valence-electron chi connectivity index (χ2n) is 3.93. The first kappa shape index (κ1) is 12.8. The summed E-state index contributed by atoms with van der Waals surface area (Å²) in [7, 11) is 0. The molecule has 2 aromatic rings. The van der Waals surface area contributed by atoms with Gasteiger partial charge in [-0.1, -0.05) is 12.1 Å². The summed E-state index contributed by atoms with van der Waals surface area (Å²) in [5.74, 6) is -1.26. The number of carboxylic acids is 1. The summed E-state index contributed by atoms with van der Waals surface area (Å²) >= 11 is 0. The number of hydrogen-bond donors (Lipinski definition) is 2. The molecule has 0 atom stereocenters. The van der Waals surface area contributed by atoms with E-state index in [0.717, 1.165) is 0 Å². The molecule has 2 N–H and O–H groups in total. The number of anilines is 1. The normalized spacial score (nSPS) is 9.89. The van der Waals surface area contributed by atoms with Crippen molar-refractivity contribution in [2.75, 3.05) is 5.32 Å². The summed E-state index contributed by atoms with van der Waals surface area (Å²) in [4.78, 5) is 26.6. The molecule has 5 nitrogen and oxygen atoms in total. The van der Waals surface area contributed by atoms with Crippen LogP contribution >= 0.6 is 0 Å². The Bertz CT molecular complexity index is 597. The number of carboxylic acid groups (broad SMARTS) is 1. The molecule has 1 heterocycles. The predicted octanol–water partition coefficient (Wildman–Crippen LogP) is 1.96. The third-order valence-corrected chi connectivity index (χ3v) is 2.46. The first-order valence-electron chi connectivity index (χ1n) is 5.68. The molecule has 2 rings (SSSR count). The molecule has 0 aliphatic heterocycles. The standard InChI is InChI=1S/C14H12N2O3/c17-13(9-11-5-1-2-7-15-11)16-12-6-3-4-10(8-12)14(18)19/h1-8H,9H2,(H,16,17)(H,18,19). The number of nitrogens with zero attached hydrogens (tertiary/aromatic N) is 1.